The van der Waals surface area contributed by atoms with Crippen LogP contribution >= 0.6 is 11.3 Å². The van der Waals surface area contributed by atoms with E-state index in [1.54, 1.807) is 12.1 Å². The number of aliphatic hydroxyl groups excluding tert-OH is 1. The summed E-state index contributed by atoms with van der Waals surface area (Å²) in [4.78, 5) is 11.4. The van der Waals surface area contributed by atoms with E-state index in [9.17, 15) is 9.90 Å². The van der Waals surface area contributed by atoms with Crippen LogP contribution in [0.5, 0.6) is 0 Å². The molecule has 2 rings (SSSR count). The standard InChI is InChI=1S/C11H12N2O3S/c14-9(8-3-4-16-7-8)6-12-11(15)13-10-2-1-5-17-10/h1-5,7,9,14H,6H2,(H2,12,13,15)/t9-/m0/s1. The van der Waals surface area contributed by atoms with Crippen molar-refractivity contribution in [3.63, 3.8) is 0 Å². The molecule has 0 aromatic carbocycles. The number of amides is 2. The van der Waals surface area contributed by atoms with Crippen molar-refractivity contribution in [2.24, 2.45) is 0 Å². The summed E-state index contributed by atoms with van der Waals surface area (Å²) in [6.45, 7) is 0.136. The summed E-state index contributed by atoms with van der Waals surface area (Å²) in [5.41, 5.74) is 0.640. The Hall–Kier alpha value is -1.79. The van der Waals surface area contributed by atoms with Crippen molar-refractivity contribution in [2.75, 3.05) is 11.9 Å². The van der Waals surface area contributed by atoms with Gasteiger partial charge < -0.3 is 14.8 Å². The zero-order valence-corrected chi connectivity index (χ0v) is 9.74. The molecule has 0 saturated heterocycles. The molecule has 2 amide bonds. The molecule has 0 fully saturated rings. The average molecular weight is 252 g/mol. The number of hydrogen-bond acceptors (Lipinski definition) is 4. The van der Waals surface area contributed by atoms with Crippen LogP contribution < -0.4 is 10.6 Å². The maximum Gasteiger partial charge on any atom is 0.319 e. The molecule has 0 aliphatic rings. The van der Waals surface area contributed by atoms with Crippen LogP contribution in [0.2, 0.25) is 0 Å². The fourth-order valence-corrected chi connectivity index (χ4v) is 1.89. The molecule has 2 aromatic rings. The van der Waals surface area contributed by atoms with Gasteiger partial charge in [-0.25, -0.2) is 4.79 Å². The molecule has 6 heteroatoms. The molecule has 17 heavy (non-hydrogen) atoms. The third-order valence-corrected chi connectivity index (χ3v) is 2.93. The summed E-state index contributed by atoms with van der Waals surface area (Å²) in [5.74, 6) is 0. The van der Waals surface area contributed by atoms with Gasteiger partial charge in [-0.2, -0.15) is 0 Å². The summed E-state index contributed by atoms with van der Waals surface area (Å²) in [6, 6.07) is 4.97. The van der Waals surface area contributed by atoms with Crippen molar-refractivity contribution in [3.8, 4) is 0 Å². The molecular formula is C11H12N2O3S. The number of thiophene rings is 1. The molecule has 3 N–H and O–H groups in total. The number of carbonyl (C=O) groups is 1. The number of nitrogens with one attached hydrogen (secondary N) is 2. The number of aliphatic hydroxyl groups is 1. The Morgan fingerprint density at radius 1 is 1.53 bits per heavy atom. The van der Waals surface area contributed by atoms with Crippen molar-refractivity contribution in [3.05, 3.63) is 41.7 Å². The van der Waals surface area contributed by atoms with Gasteiger partial charge in [0.25, 0.3) is 0 Å². The van der Waals surface area contributed by atoms with Crippen LogP contribution in [-0.2, 0) is 0 Å². The first-order chi connectivity index (χ1) is 8.25. The number of furan rings is 1. The van der Waals surface area contributed by atoms with Crippen molar-refractivity contribution in [1.82, 2.24) is 5.32 Å². The van der Waals surface area contributed by atoms with Crippen LogP contribution in [0.3, 0.4) is 0 Å². The first kappa shape index (κ1) is 11.7. The van der Waals surface area contributed by atoms with Crippen molar-refractivity contribution >= 4 is 22.4 Å². The Labute approximate surface area is 102 Å². The Morgan fingerprint density at radius 2 is 2.41 bits per heavy atom. The molecule has 0 bridgehead atoms. The van der Waals surface area contributed by atoms with Crippen LogP contribution in [0.1, 0.15) is 11.7 Å². The molecule has 0 aliphatic heterocycles. The van der Waals surface area contributed by atoms with E-state index in [-0.39, 0.29) is 12.6 Å². The number of anilines is 1. The minimum absolute atomic E-state index is 0.136. The predicted octanol–water partition coefficient (Wildman–Crippen LogP) is 2.20. The molecule has 2 heterocycles. The molecule has 0 saturated carbocycles. The minimum Gasteiger partial charge on any atom is -0.472 e. The lowest BCUT2D eigenvalue weighted by atomic mass is 10.2. The van der Waals surface area contributed by atoms with Gasteiger partial charge in [0, 0.05) is 12.1 Å². The van der Waals surface area contributed by atoms with Gasteiger partial charge >= 0.3 is 6.03 Å². The van der Waals surface area contributed by atoms with E-state index in [4.69, 9.17) is 4.42 Å². The van der Waals surface area contributed by atoms with E-state index in [1.165, 1.54) is 23.9 Å². The fourth-order valence-electron chi connectivity index (χ4n) is 1.28. The molecule has 2 aromatic heterocycles. The molecule has 0 unspecified atom stereocenters. The van der Waals surface area contributed by atoms with Crippen molar-refractivity contribution in [1.29, 1.82) is 0 Å². The number of carbonyl (C=O) groups excluding carboxylic acids is 1. The maximum absolute atomic E-state index is 11.4. The topological polar surface area (TPSA) is 74.5 Å². The van der Waals surface area contributed by atoms with E-state index in [2.05, 4.69) is 10.6 Å². The van der Waals surface area contributed by atoms with Crippen LogP contribution in [0.25, 0.3) is 0 Å². The minimum atomic E-state index is -0.761. The molecule has 90 valence electrons. The van der Waals surface area contributed by atoms with Gasteiger partial charge in [-0.05, 0) is 23.6 Å². The maximum atomic E-state index is 11.4. The van der Waals surface area contributed by atoms with Gasteiger partial charge in [-0.15, -0.1) is 11.3 Å². The fraction of sp³-hybridized carbons (Fsp3) is 0.182. The predicted molar refractivity (Wildman–Crippen MR) is 65.0 cm³/mol. The van der Waals surface area contributed by atoms with Gasteiger partial charge in [0.05, 0.1) is 23.6 Å². The number of rotatable bonds is 4. The summed E-state index contributed by atoms with van der Waals surface area (Å²) in [7, 11) is 0. The first-order valence-corrected chi connectivity index (χ1v) is 5.92. The Balaban J connectivity index is 1.76. The zero-order valence-electron chi connectivity index (χ0n) is 8.92. The van der Waals surface area contributed by atoms with Crippen LogP contribution in [0.15, 0.2) is 40.5 Å². The van der Waals surface area contributed by atoms with E-state index >= 15 is 0 Å². The first-order valence-electron chi connectivity index (χ1n) is 5.04. The zero-order chi connectivity index (χ0) is 12.1. The average Bonchev–Trinajstić information content (AvgIpc) is 2.97. The van der Waals surface area contributed by atoms with Gasteiger partial charge in [0.1, 0.15) is 0 Å². The third-order valence-electron chi connectivity index (χ3n) is 2.14. The highest BCUT2D eigenvalue weighted by Gasteiger charge is 2.10. The number of hydrogen-bond donors (Lipinski definition) is 3. The summed E-state index contributed by atoms with van der Waals surface area (Å²) in [6.07, 6.45) is 2.16. The van der Waals surface area contributed by atoms with Crippen LogP contribution in [0, 0.1) is 0 Å². The Bertz CT molecular complexity index is 453. The second-order valence-electron chi connectivity index (χ2n) is 3.38. The van der Waals surface area contributed by atoms with Gasteiger partial charge in [0.15, 0.2) is 0 Å². The normalized spacial score (nSPS) is 12.1. The molecule has 1 atom stereocenters. The third kappa shape index (κ3) is 3.33. The highest BCUT2D eigenvalue weighted by atomic mass is 32.1. The smallest absolute Gasteiger partial charge is 0.319 e. The lowest BCUT2D eigenvalue weighted by molar-refractivity contribution is 0.174. The van der Waals surface area contributed by atoms with E-state index < -0.39 is 6.10 Å². The van der Waals surface area contributed by atoms with Crippen LogP contribution in [-0.4, -0.2) is 17.7 Å². The Kier molecular flexibility index (Phi) is 3.79. The molecule has 0 aliphatic carbocycles. The quantitative estimate of drug-likeness (QED) is 0.780. The van der Waals surface area contributed by atoms with Crippen molar-refractivity contribution in [2.45, 2.75) is 6.10 Å². The van der Waals surface area contributed by atoms with Gasteiger partial charge in [-0.1, -0.05) is 0 Å². The SMILES string of the molecule is O=C(NC[C@H](O)c1ccoc1)Nc1cccs1. The second kappa shape index (κ2) is 5.51. The highest BCUT2D eigenvalue weighted by molar-refractivity contribution is 7.14. The van der Waals surface area contributed by atoms with E-state index in [0.717, 1.165) is 5.00 Å². The second-order valence-corrected chi connectivity index (χ2v) is 4.33. The monoisotopic (exact) mass is 252 g/mol. The van der Waals surface area contributed by atoms with Crippen LogP contribution in [0.4, 0.5) is 9.80 Å². The largest absolute Gasteiger partial charge is 0.472 e. The molecule has 0 radical (unpaired) electrons. The lowest BCUT2D eigenvalue weighted by Crippen LogP contribution is -2.32. The molecule has 5 nitrogen and oxygen atoms in total. The summed E-state index contributed by atoms with van der Waals surface area (Å²) < 4.78 is 4.84. The van der Waals surface area contributed by atoms with E-state index in [1.807, 2.05) is 11.4 Å². The lowest BCUT2D eigenvalue weighted by Gasteiger charge is -2.10. The van der Waals surface area contributed by atoms with Crippen molar-refractivity contribution < 1.29 is 14.3 Å². The van der Waals surface area contributed by atoms with Gasteiger partial charge in [0.2, 0.25) is 0 Å². The summed E-state index contributed by atoms with van der Waals surface area (Å²) in [5, 5.41) is 17.6. The summed E-state index contributed by atoms with van der Waals surface area (Å²) >= 11 is 1.43. The number of urea groups is 1. The Morgan fingerprint density at radius 3 is 3.06 bits per heavy atom. The van der Waals surface area contributed by atoms with Gasteiger partial charge in [-0.3, -0.25) is 5.32 Å². The molecule has 0 spiro atoms. The van der Waals surface area contributed by atoms with E-state index in [0.29, 0.717) is 5.56 Å². The highest BCUT2D eigenvalue weighted by Crippen LogP contribution is 2.15. The molecular weight excluding hydrogens is 240 g/mol.